The summed E-state index contributed by atoms with van der Waals surface area (Å²) in [5, 5.41) is 2.78. The molecule has 0 radical (unpaired) electrons. The second kappa shape index (κ2) is 4.33. The number of hydrogen-bond acceptors (Lipinski definition) is 0. The Hall–Kier alpha value is -0.870. The highest BCUT2D eigenvalue weighted by Gasteiger charge is 2.11. The van der Waals surface area contributed by atoms with Crippen LogP contribution in [0.3, 0.4) is 0 Å². The first-order valence-electron chi connectivity index (χ1n) is 5.34. The molecule has 0 saturated heterocycles. The molecule has 0 fully saturated rings. The highest BCUT2D eigenvalue weighted by Crippen LogP contribution is 2.46. The van der Waals surface area contributed by atoms with Crippen molar-refractivity contribution in [2.75, 3.05) is 13.3 Å². The van der Waals surface area contributed by atoms with E-state index in [0.29, 0.717) is 5.66 Å². The summed E-state index contributed by atoms with van der Waals surface area (Å²) >= 11 is 0. The Balaban J connectivity index is 2.60. The third kappa shape index (κ3) is 2.06. The predicted molar refractivity (Wildman–Crippen MR) is 71.1 cm³/mol. The van der Waals surface area contributed by atoms with E-state index < -0.39 is 0 Å². The van der Waals surface area contributed by atoms with E-state index >= 15 is 0 Å². The quantitative estimate of drug-likeness (QED) is 0.641. The van der Waals surface area contributed by atoms with Gasteiger partial charge in [0.25, 0.3) is 0 Å². The normalized spacial score (nSPS) is 13.3. The van der Waals surface area contributed by atoms with Crippen LogP contribution in [0.2, 0.25) is 0 Å². The SMILES string of the molecule is C[C@H](c1cccc2ccccc12)P(C)C. The predicted octanol–water partition coefficient (Wildman–Crippen LogP) is 4.64. The smallest absolute Gasteiger partial charge is 0.00146 e. The second-order valence-electron chi connectivity index (χ2n) is 4.21. The molecular weight excluding hydrogens is 199 g/mol. The van der Waals surface area contributed by atoms with Gasteiger partial charge in [0.15, 0.2) is 0 Å². The largest absolute Gasteiger partial charge is 0.106 e. The lowest BCUT2D eigenvalue weighted by Gasteiger charge is -2.18. The minimum Gasteiger partial charge on any atom is -0.106 e. The van der Waals surface area contributed by atoms with E-state index in [1.165, 1.54) is 16.3 Å². The summed E-state index contributed by atoms with van der Waals surface area (Å²) in [6.07, 6.45) is 0. The van der Waals surface area contributed by atoms with Crippen molar-refractivity contribution in [1.82, 2.24) is 0 Å². The lowest BCUT2D eigenvalue weighted by atomic mass is 10.0. The first kappa shape index (κ1) is 10.6. The summed E-state index contributed by atoms with van der Waals surface area (Å²) < 4.78 is 0. The fourth-order valence-electron chi connectivity index (χ4n) is 1.89. The van der Waals surface area contributed by atoms with Crippen LogP contribution in [0.1, 0.15) is 18.1 Å². The van der Waals surface area contributed by atoms with E-state index in [4.69, 9.17) is 0 Å². The zero-order valence-corrected chi connectivity index (χ0v) is 10.5. The van der Waals surface area contributed by atoms with Gasteiger partial charge in [0.2, 0.25) is 0 Å². The van der Waals surface area contributed by atoms with Gasteiger partial charge in [-0.15, -0.1) is 7.92 Å². The molecule has 0 spiro atoms. The van der Waals surface area contributed by atoms with Crippen molar-refractivity contribution in [3.63, 3.8) is 0 Å². The van der Waals surface area contributed by atoms with Crippen molar-refractivity contribution in [1.29, 1.82) is 0 Å². The van der Waals surface area contributed by atoms with Gasteiger partial charge in [0, 0.05) is 5.66 Å². The van der Waals surface area contributed by atoms with Gasteiger partial charge >= 0.3 is 0 Å². The Morgan fingerprint density at radius 1 is 0.933 bits per heavy atom. The van der Waals surface area contributed by atoms with Crippen LogP contribution in [0.25, 0.3) is 10.8 Å². The molecule has 0 nitrogen and oxygen atoms in total. The fourth-order valence-corrected chi connectivity index (χ4v) is 2.67. The zero-order chi connectivity index (χ0) is 10.8. The van der Waals surface area contributed by atoms with Crippen LogP contribution in [0, 0.1) is 0 Å². The van der Waals surface area contributed by atoms with Crippen LogP contribution >= 0.6 is 7.92 Å². The van der Waals surface area contributed by atoms with Crippen LogP contribution in [0.4, 0.5) is 0 Å². The Morgan fingerprint density at radius 2 is 1.60 bits per heavy atom. The Kier molecular flexibility index (Phi) is 3.07. The van der Waals surface area contributed by atoms with E-state index in [0.717, 1.165) is 0 Å². The Morgan fingerprint density at radius 3 is 2.33 bits per heavy atom. The monoisotopic (exact) mass is 216 g/mol. The number of hydrogen-bond donors (Lipinski definition) is 0. The molecule has 0 aliphatic carbocycles. The van der Waals surface area contributed by atoms with Gasteiger partial charge in [0.05, 0.1) is 0 Å². The molecule has 0 aliphatic heterocycles. The van der Waals surface area contributed by atoms with Gasteiger partial charge in [0.1, 0.15) is 0 Å². The molecule has 2 aromatic carbocycles. The third-order valence-electron chi connectivity index (χ3n) is 3.05. The van der Waals surface area contributed by atoms with Crippen molar-refractivity contribution in [2.45, 2.75) is 12.6 Å². The van der Waals surface area contributed by atoms with E-state index in [2.05, 4.69) is 62.7 Å². The van der Waals surface area contributed by atoms with Crippen molar-refractivity contribution in [2.24, 2.45) is 0 Å². The molecule has 0 saturated carbocycles. The lowest BCUT2D eigenvalue weighted by molar-refractivity contribution is 1.10. The third-order valence-corrected chi connectivity index (χ3v) is 4.88. The fraction of sp³-hybridized carbons (Fsp3) is 0.286. The Labute approximate surface area is 93.1 Å². The topological polar surface area (TPSA) is 0 Å². The molecule has 0 heterocycles. The van der Waals surface area contributed by atoms with Gasteiger partial charge in [-0.2, -0.15) is 0 Å². The van der Waals surface area contributed by atoms with Crippen LogP contribution in [0.15, 0.2) is 42.5 Å². The lowest BCUT2D eigenvalue weighted by Crippen LogP contribution is -1.91. The van der Waals surface area contributed by atoms with Gasteiger partial charge in [-0.3, -0.25) is 0 Å². The molecule has 2 rings (SSSR count). The summed E-state index contributed by atoms with van der Waals surface area (Å²) in [5.41, 5.74) is 2.19. The molecule has 1 heteroatoms. The molecular formula is C14H17P. The Bertz CT molecular complexity index is 454. The molecule has 15 heavy (non-hydrogen) atoms. The molecule has 78 valence electrons. The van der Waals surface area contributed by atoms with Gasteiger partial charge in [-0.1, -0.05) is 49.4 Å². The van der Waals surface area contributed by atoms with Crippen LogP contribution in [-0.4, -0.2) is 13.3 Å². The van der Waals surface area contributed by atoms with Crippen LogP contribution < -0.4 is 0 Å². The van der Waals surface area contributed by atoms with Gasteiger partial charge in [-0.05, 0) is 29.7 Å². The highest BCUT2D eigenvalue weighted by molar-refractivity contribution is 7.56. The van der Waals surface area contributed by atoms with Crippen LogP contribution in [0.5, 0.6) is 0 Å². The summed E-state index contributed by atoms with van der Waals surface area (Å²) in [7, 11) is 0.0888. The van der Waals surface area contributed by atoms with Gasteiger partial charge in [-0.25, -0.2) is 0 Å². The summed E-state index contributed by atoms with van der Waals surface area (Å²) in [4.78, 5) is 0. The molecule has 0 unspecified atom stereocenters. The van der Waals surface area contributed by atoms with E-state index in [1.54, 1.807) is 0 Å². The molecule has 0 amide bonds. The maximum atomic E-state index is 2.35. The standard InChI is InChI=1S/C14H17P/c1-11(15(2)3)13-10-6-8-12-7-4-5-9-14(12)13/h4-11H,1-3H3/t11-/m1/s1. The zero-order valence-electron chi connectivity index (χ0n) is 9.57. The van der Waals surface area contributed by atoms with Crippen molar-refractivity contribution >= 4 is 18.7 Å². The number of rotatable bonds is 2. The maximum Gasteiger partial charge on any atom is 0.00146 e. The maximum absolute atomic E-state index is 2.35. The summed E-state index contributed by atoms with van der Waals surface area (Å²) in [6.45, 7) is 7.04. The highest BCUT2D eigenvalue weighted by atomic mass is 31.1. The molecule has 0 aromatic heterocycles. The molecule has 2 aromatic rings. The average molecular weight is 216 g/mol. The first-order chi connectivity index (χ1) is 7.20. The summed E-state index contributed by atoms with van der Waals surface area (Å²) in [5.74, 6) is 0. The minimum absolute atomic E-state index is 0.0888. The van der Waals surface area contributed by atoms with E-state index in [1.807, 2.05) is 0 Å². The van der Waals surface area contributed by atoms with E-state index in [9.17, 15) is 0 Å². The molecule has 1 atom stereocenters. The van der Waals surface area contributed by atoms with Crippen molar-refractivity contribution in [3.05, 3.63) is 48.0 Å². The molecule has 0 bridgehead atoms. The second-order valence-corrected chi connectivity index (χ2v) is 6.91. The molecule has 0 N–H and O–H groups in total. The molecule has 0 aliphatic rings. The number of fused-ring (bicyclic) bond motifs is 1. The van der Waals surface area contributed by atoms with Gasteiger partial charge < -0.3 is 0 Å². The van der Waals surface area contributed by atoms with E-state index in [-0.39, 0.29) is 7.92 Å². The van der Waals surface area contributed by atoms with Crippen molar-refractivity contribution in [3.8, 4) is 0 Å². The van der Waals surface area contributed by atoms with Crippen molar-refractivity contribution < 1.29 is 0 Å². The average Bonchev–Trinajstić information content (AvgIpc) is 2.27. The minimum atomic E-state index is 0.0888. The summed E-state index contributed by atoms with van der Waals surface area (Å²) in [6, 6.07) is 15.3. The first-order valence-corrected chi connectivity index (χ1v) is 7.65. The number of benzene rings is 2. The van der Waals surface area contributed by atoms with Crippen LogP contribution in [-0.2, 0) is 0 Å².